The van der Waals surface area contributed by atoms with Gasteiger partial charge in [-0.3, -0.25) is 0 Å². The van der Waals surface area contributed by atoms with Gasteiger partial charge in [0.05, 0.1) is 0 Å². The van der Waals surface area contributed by atoms with Gasteiger partial charge >= 0.3 is 0 Å². The summed E-state index contributed by atoms with van der Waals surface area (Å²) in [6, 6.07) is 6.16. The minimum absolute atomic E-state index is 0.440. The molecule has 1 aliphatic rings. The Labute approximate surface area is 104 Å². The van der Waals surface area contributed by atoms with Crippen molar-refractivity contribution in [3.8, 4) is 5.75 Å². The molecule has 2 heteroatoms. The van der Waals surface area contributed by atoms with Crippen LogP contribution in [0.15, 0.2) is 18.2 Å². The zero-order chi connectivity index (χ0) is 12.3. The standard InChI is InChI=1S/C15H23NO/c1-3-8-16-9-4-5-14(11-16)13-7-6-12(2)15(17)10-13/h6-7,10,14,17H,3-5,8-9,11H2,1-2H3. The third-order valence-electron chi connectivity index (χ3n) is 3.75. The first-order valence-electron chi connectivity index (χ1n) is 6.72. The van der Waals surface area contributed by atoms with E-state index < -0.39 is 0 Å². The molecule has 1 unspecified atom stereocenters. The van der Waals surface area contributed by atoms with Crippen molar-refractivity contribution < 1.29 is 5.11 Å². The highest BCUT2D eigenvalue weighted by Crippen LogP contribution is 2.30. The van der Waals surface area contributed by atoms with E-state index in [0.717, 1.165) is 12.1 Å². The van der Waals surface area contributed by atoms with Crippen LogP contribution in [-0.2, 0) is 0 Å². The SMILES string of the molecule is CCCN1CCCC(c2ccc(C)c(O)c2)C1. The topological polar surface area (TPSA) is 23.5 Å². The molecule has 94 valence electrons. The van der Waals surface area contributed by atoms with E-state index in [1.807, 2.05) is 19.1 Å². The zero-order valence-corrected chi connectivity index (χ0v) is 10.9. The minimum Gasteiger partial charge on any atom is -0.508 e. The number of benzene rings is 1. The summed E-state index contributed by atoms with van der Waals surface area (Å²) in [6.07, 6.45) is 3.76. The van der Waals surface area contributed by atoms with E-state index in [9.17, 15) is 5.11 Å². The smallest absolute Gasteiger partial charge is 0.118 e. The van der Waals surface area contributed by atoms with Crippen molar-refractivity contribution in [3.05, 3.63) is 29.3 Å². The number of hydrogen-bond donors (Lipinski definition) is 1. The predicted molar refractivity (Wildman–Crippen MR) is 71.5 cm³/mol. The van der Waals surface area contributed by atoms with Gasteiger partial charge in [0.25, 0.3) is 0 Å². The maximum Gasteiger partial charge on any atom is 0.118 e. The molecule has 1 atom stereocenters. The second kappa shape index (κ2) is 5.54. The molecular formula is C15H23NO. The molecule has 0 saturated carbocycles. The first-order valence-corrected chi connectivity index (χ1v) is 6.72. The number of phenols is 1. The molecule has 0 radical (unpaired) electrons. The lowest BCUT2D eigenvalue weighted by Crippen LogP contribution is -2.34. The number of nitrogens with zero attached hydrogens (tertiary/aromatic N) is 1. The van der Waals surface area contributed by atoms with E-state index in [0.29, 0.717) is 11.7 Å². The van der Waals surface area contributed by atoms with E-state index in [-0.39, 0.29) is 0 Å². The van der Waals surface area contributed by atoms with Crippen molar-refractivity contribution in [1.82, 2.24) is 4.90 Å². The number of hydrogen-bond acceptors (Lipinski definition) is 2. The molecule has 1 N–H and O–H groups in total. The fourth-order valence-corrected chi connectivity index (χ4v) is 2.73. The second-order valence-electron chi connectivity index (χ2n) is 5.19. The van der Waals surface area contributed by atoms with Gasteiger partial charge in [0.15, 0.2) is 0 Å². The summed E-state index contributed by atoms with van der Waals surface area (Å²) in [5.41, 5.74) is 2.27. The molecule has 0 bridgehead atoms. The summed E-state index contributed by atoms with van der Waals surface area (Å²) in [6.45, 7) is 7.78. The molecule has 2 nitrogen and oxygen atoms in total. The number of likely N-dealkylation sites (tertiary alicyclic amines) is 1. The molecule has 1 fully saturated rings. The van der Waals surface area contributed by atoms with E-state index in [1.54, 1.807) is 0 Å². The summed E-state index contributed by atoms with van der Waals surface area (Å²) in [5, 5.41) is 9.79. The van der Waals surface area contributed by atoms with Gasteiger partial charge in [-0.15, -0.1) is 0 Å². The predicted octanol–water partition coefficient (Wildman–Crippen LogP) is 3.29. The summed E-state index contributed by atoms with van der Waals surface area (Å²) >= 11 is 0. The Bertz CT molecular complexity index is 373. The maximum atomic E-state index is 9.79. The van der Waals surface area contributed by atoms with Crippen LogP contribution in [0.3, 0.4) is 0 Å². The van der Waals surface area contributed by atoms with E-state index in [4.69, 9.17) is 0 Å². The number of rotatable bonds is 3. The Hall–Kier alpha value is -1.02. The Balaban J connectivity index is 2.08. The Morgan fingerprint density at radius 1 is 1.41 bits per heavy atom. The van der Waals surface area contributed by atoms with Crippen LogP contribution >= 0.6 is 0 Å². The van der Waals surface area contributed by atoms with Gasteiger partial charge in [0.2, 0.25) is 0 Å². The van der Waals surface area contributed by atoms with Crippen LogP contribution in [0.2, 0.25) is 0 Å². The molecule has 1 aromatic rings. The van der Waals surface area contributed by atoms with Crippen LogP contribution in [0.1, 0.15) is 43.2 Å². The van der Waals surface area contributed by atoms with Crippen LogP contribution in [0.4, 0.5) is 0 Å². The zero-order valence-electron chi connectivity index (χ0n) is 10.9. The molecular weight excluding hydrogens is 210 g/mol. The second-order valence-corrected chi connectivity index (χ2v) is 5.19. The van der Waals surface area contributed by atoms with E-state index in [2.05, 4.69) is 17.9 Å². The summed E-state index contributed by atoms with van der Waals surface area (Å²) in [7, 11) is 0. The van der Waals surface area contributed by atoms with Gasteiger partial charge in [0, 0.05) is 6.54 Å². The van der Waals surface area contributed by atoms with Crippen LogP contribution < -0.4 is 0 Å². The van der Waals surface area contributed by atoms with E-state index >= 15 is 0 Å². The van der Waals surface area contributed by atoms with Gasteiger partial charge in [0.1, 0.15) is 5.75 Å². The molecule has 1 aliphatic heterocycles. The molecule has 1 saturated heterocycles. The van der Waals surface area contributed by atoms with Gasteiger partial charge in [-0.1, -0.05) is 19.1 Å². The Morgan fingerprint density at radius 2 is 2.24 bits per heavy atom. The van der Waals surface area contributed by atoms with Gasteiger partial charge < -0.3 is 10.0 Å². The third-order valence-corrected chi connectivity index (χ3v) is 3.75. The molecule has 17 heavy (non-hydrogen) atoms. The third kappa shape index (κ3) is 3.01. The van der Waals surface area contributed by atoms with Crippen molar-refractivity contribution in [2.24, 2.45) is 0 Å². The molecule has 0 spiro atoms. The molecule has 0 aromatic heterocycles. The van der Waals surface area contributed by atoms with E-state index in [1.165, 1.54) is 37.9 Å². The Morgan fingerprint density at radius 3 is 2.94 bits per heavy atom. The summed E-state index contributed by atoms with van der Waals surface area (Å²) < 4.78 is 0. The number of piperidine rings is 1. The van der Waals surface area contributed by atoms with Crippen LogP contribution in [0, 0.1) is 6.92 Å². The van der Waals surface area contributed by atoms with Crippen molar-refractivity contribution in [1.29, 1.82) is 0 Å². The van der Waals surface area contributed by atoms with Crippen molar-refractivity contribution in [3.63, 3.8) is 0 Å². The molecule has 0 amide bonds. The maximum absolute atomic E-state index is 9.79. The summed E-state index contributed by atoms with van der Waals surface area (Å²) in [4.78, 5) is 2.55. The van der Waals surface area contributed by atoms with Crippen LogP contribution in [0.5, 0.6) is 5.75 Å². The highest BCUT2D eigenvalue weighted by atomic mass is 16.3. The lowest BCUT2D eigenvalue weighted by molar-refractivity contribution is 0.208. The van der Waals surface area contributed by atoms with Crippen molar-refractivity contribution >= 4 is 0 Å². The average Bonchev–Trinajstić information content (AvgIpc) is 2.33. The number of aromatic hydroxyl groups is 1. The van der Waals surface area contributed by atoms with Crippen LogP contribution in [-0.4, -0.2) is 29.6 Å². The molecule has 1 heterocycles. The fraction of sp³-hybridized carbons (Fsp3) is 0.600. The van der Waals surface area contributed by atoms with Crippen molar-refractivity contribution in [2.45, 2.75) is 39.0 Å². The average molecular weight is 233 g/mol. The monoisotopic (exact) mass is 233 g/mol. The summed E-state index contributed by atoms with van der Waals surface area (Å²) in [5.74, 6) is 1.04. The molecule has 2 rings (SSSR count). The fourth-order valence-electron chi connectivity index (χ4n) is 2.73. The van der Waals surface area contributed by atoms with Crippen molar-refractivity contribution in [2.75, 3.05) is 19.6 Å². The first kappa shape index (κ1) is 12.4. The van der Waals surface area contributed by atoms with Gasteiger partial charge in [-0.05, 0) is 62.4 Å². The van der Waals surface area contributed by atoms with Crippen LogP contribution in [0.25, 0.3) is 0 Å². The Kier molecular flexibility index (Phi) is 4.06. The first-order chi connectivity index (χ1) is 8.20. The highest BCUT2D eigenvalue weighted by Gasteiger charge is 2.21. The quantitative estimate of drug-likeness (QED) is 0.866. The molecule has 0 aliphatic carbocycles. The highest BCUT2D eigenvalue weighted by molar-refractivity contribution is 5.37. The lowest BCUT2D eigenvalue weighted by Gasteiger charge is -2.32. The number of aryl methyl sites for hydroxylation is 1. The minimum atomic E-state index is 0.440. The molecule has 1 aromatic carbocycles. The lowest BCUT2D eigenvalue weighted by atomic mass is 9.90. The number of phenolic OH excluding ortho intramolecular Hbond substituents is 1. The largest absolute Gasteiger partial charge is 0.508 e. The van der Waals surface area contributed by atoms with Gasteiger partial charge in [-0.25, -0.2) is 0 Å². The normalized spacial score (nSPS) is 21.6. The van der Waals surface area contributed by atoms with Gasteiger partial charge in [-0.2, -0.15) is 0 Å².